The summed E-state index contributed by atoms with van der Waals surface area (Å²) >= 11 is 0. The van der Waals surface area contributed by atoms with E-state index < -0.39 is 0 Å². The van der Waals surface area contributed by atoms with E-state index in [4.69, 9.17) is 9.97 Å². The van der Waals surface area contributed by atoms with Gasteiger partial charge in [-0.2, -0.15) is 0 Å². The molecule has 4 nitrogen and oxygen atoms in total. The van der Waals surface area contributed by atoms with Crippen molar-refractivity contribution in [3.05, 3.63) is 182 Å². The quantitative estimate of drug-likeness (QED) is 0.176. The molecule has 0 bridgehead atoms. The van der Waals surface area contributed by atoms with Crippen LogP contribution in [0.5, 0.6) is 0 Å². The average Bonchev–Trinajstić information content (AvgIpc) is 3.78. The van der Waals surface area contributed by atoms with Gasteiger partial charge in [0, 0.05) is 38.4 Å². The monoisotopic (exact) mass is 662 g/mol. The summed E-state index contributed by atoms with van der Waals surface area (Å²) in [7, 11) is 0. The molecule has 0 radical (unpaired) electrons. The molecule has 0 aliphatic heterocycles. The van der Waals surface area contributed by atoms with Crippen LogP contribution in [0.4, 0.5) is 0 Å². The van der Waals surface area contributed by atoms with Gasteiger partial charge in [0.1, 0.15) is 5.65 Å². The first-order valence-electron chi connectivity index (χ1n) is 17.7. The highest BCUT2D eigenvalue weighted by atomic mass is 15.0. The second-order valence-corrected chi connectivity index (χ2v) is 13.4. The summed E-state index contributed by atoms with van der Waals surface area (Å²) in [6.07, 6.45) is 0. The van der Waals surface area contributed by atoms with Crippen molar-refractivity contribution in [3.8, 4) is 39.3 Å². The molecule has 0 fully saturated rings. The van der Waals surface area contributed by atoms with Gasteiger partial charge in [0.05, 0.1) is 39.0 Å². The fourth-order valence-electron chi connectivity index (χ4n) is 8.17. The molecule has 0 amide bonds. The van der Waals surface area contributed by atoms with Crippen molar-refractivity contribution >= 4 is 60.2 Å². The van der Waals surface area contributed by atoms with Crippen molar-refractivity contribution in [2.45, 2.75) is 0 Å². The average molecular weight is 663 g/mol. The van der Waals surface area contributed by atoms with Crippen LogP contribution < -0.4 is 0 Å². The molecular weight excluding hydrogens is 633 g/mol. The molecular formula is C48H30N4. The van der Waals surface area contributed by atoms with E-state index in [0.29, 0.717) is 0 Å². The molecule has 0 spiro atoms. The van der Waals surface area contributed by atoms with Crippen LogP contribution in [-0.2, 0) is 0 Å². The van der Waals surface area contributed by atoms with Gasteiger partial charge in [0.15, 0.2) is 0 Å². The maximum atomic E-state index is 5.25. The van der Waals surface area contributed by atoms with Crippen LogP contribution in [-0.4, -0.2) is 18.9 Å². The number of fused-ring (bicyclic) bond motifs is 12. The minimum atomic E-state index is 0.939. The van der Waals surface area contributed by atoms with Gasteiger partial charge in [-0.25, -0.2) is 9.97 Å². The van der Waals surface area contributed by atoms with Gasteiger partial charge in [-0.05, 0) is 71.1 Å². The van der Waals surface area contributed by atoms with Crippen LogP contribution in [0, 0.1) is 0 Å². The third-order valence-electron chi connectivity index (χ3n) is 10.5. The third kappa shape index (κ3) is 4.28. The van der Waals surface area contributed by atoms with Gasteiger partial charge in [-0.15, -0.1) is 0 Å². The molecule has 11 rings (SSSR count). The zero-order chi connectivity index (χ0) is 34.2. The van der Waals surface area contributed by atoms with Crippen LogP contribution in [0.25, 0.3) is 99.5 Å². The number of rotatable bonds is 4. The Morgan fingerprint density at radius 1 is 0.346 bits per heavy atom. The van der Waals surface area contributed by atoms with Gasteiger partial charge in [-0.1, -0.05) is 127 Å². The highest BCUT2D eigenvalue weighted by Gasteiger charge is 2.20. The summed E-state index contributed by atoms with van der Waals surface area (Å²) in [5.41, 5.74) is 14.0. The molecule has 4 heterocycles. The fraction of sp³-hybridized carbons (Fsp3) is 0. The van der Waals surface area contributed by atoms with Crippen molar-refractivity contribution < 1.29 is 0 Å². The maximum absolute atomic E-state index is 5.25. The van der Waals surface area contributed by atoms with E-state index in [1.165, 1.54) is 27.1 Å². The summed E-state index contributed by atoms with van der Waals surface area (Å²) < 4.78 is 4.76. The normalized spacial score (nSPS) is 11.8. The Morgan fingerprint density at radius 2 is 0.942 bits per heavy atom. The van der Waals surface area contributed by atoms with Gasteiger partial charge >= 0.3 is 0 Å². The number of pyridine rings is 2. The Hall–Kier alpha value is -7.04. The molecule has 0 atom stereocenters. The van der Waals surface area contributed by atoms with E-state index in [1.54, 1.807) is 0 Å². The lowest BCUT2D eigenvalue weighted by atomic mass is 10.00. The highest BCUT2D eigenvalue weighted by molar-refractivity contribution is 6.29. The first-order valence-corrected chi connectivity index (χ1v) is 17.7. The smallest absolute Gasteiger partial charge is 0.146 e. The molecule has 0 saturated heterocycles. The molecule has 0 saturated carbocycles. The predicted molar refractivity (Wildman–Crippen MR) is 216 cm³/mol. The van der Waals surface area contributed by atoms with Gasteiger partial charge in [0.2, 0.25) is 0 Å². The largest absolute Gasteiger partial charge is 0.309 e. The highest BCUT2D eigenvalue weighted by Crippen LogP contribution is 2.42. The number of benzene rings is 7. The van der Waals surface area contributed by atoms with Crippen molar-refractivity contribution in [2.75, 3.05) is 0 Å². The lowest BCUT2D eigenvalue weighted by Gasteiger charge is -2.13. The molecule has 52 heavy (non-hydrogen) atoms. The fourth-order valence-corrected chi connectivity index (χ4v) is 8.17. The standard InChI is InChI=1S/C48H30N4/c1-3-14-31(15-4-1)34-29-40(32-16-5-2-6-17-32)49-41(30-34)33-18-13-19-35(28-33)51-42-24-11-9-22-38(42)47-44(51)26-27-45-46(47)36-20-7-8-21-37(36)48-50-39-23-10-12-25-43(39)52(45)48/h1-30H. The summed E-state index contributed by atoms with van der Waals surface area (Å²) in [6.45, 7) is 0. The molecule has 4 heteroatoms. The Bertz CT molecular complexity index is 3110. The van der Waals surface area contributed by atoms with Crippen molar-refractivity contribution in [2.24, 2.45) is 0 Å². The molecule has 7 aromatic carbocycles. The summed E-state index contributed by atoms with van der Waals surface area (Å²) in [4.78, 5) is 10.4. The summed E-state index contributed by atoms with van der Waals surface area (Å²) in [5.74, 6) is 0. The molecule has 4 aromatic heterocycles. The Balaban J connectivity index is 1.19. The number of hydrogen-bond donors (Lipinski definition) is 0. The van der Waals surface area contributed by atoms with E-state index in [2.05, 4.69) is 185 Å². The van der Waals surface area contributed by atoms with Gasteiger partial charge in [-0.3, -0.25) is 4.40 Å². The lowest BCUT2D eigenvalue weighted by Crippen LogP contribution is -1.96. The van der Waals surface area contributed by atoms with Crippen molar-refractivity contribution in [3.63, 3.8) is 0 Å². The minimum Gasteiger partial charge on any atom is -0.309 e. The second kappa shape index (κ2) is 11.2. The number of aromatic nitrogens is 4. The summed E-state index contributed by atoms with van der Waals surface area (Å²) in [6, 6.07) is 64.8. The van der Waals surface area contributed by atoms with E-state index in [1.807, 2.05) is 6.07 Å². The van der Waals surface area contributed by atoms with Crippen LogP contribution in [0.15, 0.2) is 182 Å². The Morgan fingerprint density at radius 3 is 1.75 bits per heavy atom. The third-order valence-corrected chi connectivity index (χ3v) is 10.5. The van der Waals surface area contributed by atoms with E-state index in [0.717, 1.165) is 72.4 Å². The lowest BCUT2D eigenvalue weighted by molar-refractivity contribution is 1.18. The van der Waals surface area contributed by atoms with Crippen LogP contribution in [0.1, 0.15) is 0 Å². The van der Waals surface area contributed by atoms with E-state index in [-0.39, 0.29) is 0 Å². The molecule has 0 unspecified atom stereocenters. The zero-order valence-electron chi connectivity index (χ0n) is 28.1. The predicted octanol–water partition coefficient (Wildman–Crippen LogP) is 12.3. The molecule has 11 aromatic rings. The zero-order valence-corrected chi connectivity index (χ0v) is 28.1. The topological polar surface area (TPSA) is 35.1 Å². The number of hydrogen-bond acceptors (Lipinski definition) is 2. The van der Waals surface area contributed by atoms with Crippen molar-refractivity contribution in [1.29, 1.82) is 0 Å². The first kappa shape index (κ1) is 28.8. The molecule has 0 aliphatic rings. The van der Waals surface area contributed by atoms with Gasteiger partial charge < -0.3 is 4.57 Å². The van der Waals surface area contributed by atoms with Gasteiger partial charge in [0.25, 0.3) is 0 Å². The van der Waals surface area contributed by atoms with Crippen LogP contribution in [0.3, 0.4) is 0 Å². The molecule has 0 aliphatic carbocycles. The Kier molecular flexibility index (Phi) is 6.22. The first-order chi connectivity index (χ1) is 25.8. The van der Waals surface area contributed by atoms with Crippen molar-refractivity contribution in [1.82, 2.24) is 18.9 Å². The number of imidazole rings is 1. The SMILES string of the molecule is c1ccc(-c2cc(-c3ccccc3)nc(-c3cccc(-n4c5ccccc5c5c6c7ccccc7c7nc8ccccc8n7c6ccc54)c3)c2)cc1. The number of nitrogens with zero attached hydrogens (tertiary/aromatic N) is 4. The van der Waals surface area contributed by atoms with Crippen LogP contribution >= 0.6 is 0 Å². The minimum absolute atomic E-state index is 0.939. The summed E-state index contributed by atoms with van der Waals surface area (Å²) in [5, 5.41) is 6.05. The number of para-hydroxylation sites is 3. The Labute approximate surface area is 299 Å². The van der Waals surface area contributed by atoms with Crippen LogP contribution in [0.2, 0.25) is 0 Å². The molecule has 0 N–H and O–H groups in total. The molecule has 242 valence electrons. The van der Waals surface area contributed by atoms with E-state index in [9.17, 15) is 0 Å². The second-order valence-electron chi connectivity index (χ2n) is 13.4. The maximum Gasteiger partial charge on any atom is 0.146 e. The van der Waals surface area contributed by atoms with E-state index >= 15 is 0 Å².